The van der Waals surface area contributed by atoms with Crippen LogP contribution in [0.25, 0.3) is 10.2 Å². The number of halogens is 2. The van der Waals surface area contributed by atoms with E-state index in [2.05, 4.69) is 15.7 Å². The molecule has 0 spiro atoms. The Hall–Kier alpha value is -1.86. The van der Waals surface area contributed by atoms with E-state index >= 15 is 0 Å². The second-order valence-electron chi connectivity index (χ2n) is 4.40. The molecule has 2 aromatic carbocycles. The van der Waals surface area contributed by atoms with Crippen LogP contribution in [0.3, 0.4) is 0 Å². The van der Waals surface area contributed by atoms with Crippen molar-refractivity contribution >= 4 is 61.5 Å². The van der Waals surface area contributed by atoms with E-state index in [4.69, 9.17) is 29.0 Å². The highest BCUT2D eigenvalue weighted by Crippen LogP contribution is 2.33. The van der Waals surface area contributed by atoms with Crippen LogP contribution in [0.15, 0.2) is 36.4 Å². The Balaban J connectivity index is 1.94. The number of hydrazine groups is 1. The van der Waals surface area contributed by atoms with Crippen LogP contribution in [0.5, 0.6) is 0 Å². The van der Waals surface area contributed by atoms with Crippen LogP contribution in [0.1, 0.15) is 10.4 Å². The number of nitrogens with zero attached hydrogens (tertiary/aromatic N) is 1. The summed E-state index contributed by atoms with van der Waals surface area (Å²) in [4.78, 5) is 16.5. The van der Waals surface area contributed by atoms with Crippen molar-refractivity contribution in [2.75, 3.05) is 10.7 Å². The Morgan fingerprint density at radius 1 is 1.18 bits per heavy atom. The van der Waals surface area contributed by atoms with Gasteiger partial charge < -0.3 is 5.32 Å². The zero-order chi connectivity index (χ0) is 15.7. The molecule has 0 radical (unpaired) electrons. The minimum atomic E-state index is -0.303. The van der Waals surface area contributed by atoms with E-state index in [1.165, 1.54) is 11.3 Å². The molecule has 112 valence electrons. The molecule has 0 atom stereocenters. The third-order valence-corrected chi connectivity index (χ3v) is 4.50. The van der Waals surface area contributed by atoms with Gasteiger partial charge in [0.25, 0.3) is 5.91 Å². The molecule has 22 heavy (non-hydrogen) atoms. The van der Waals surface area contributed by atoms with Gasteiger partial charge >= 0.3 is 0 Å². The molecule has 4 N–H and O–H groups in total. The summed E-state index contributed by atoms with van der Waals surface area (Å²) in [7, 11) is 0. The lowest BCUT2D eigenvalue weighted by molar-refractivity contribution is 0.102. The van der Waals surface area contributed by atoms with E-state index in [9.17, 15) is 4.79 Å². The summed E-state index contributed by atoms with van der Waals surface area (Å²) >= 11 is 13.6. The number of carbonyl (C=O) groups excluding carboxylic acids is 1. The number of nitrogens with one attached hydrogen (secondary N) is 2. The smallest absolute Gasteiger partial charge is 0.257 e. The predicted octanol–water partition coefficient (Wildman–Crippen LogP) is 4.14. The summed E-state index contributed by atoms with van der Waals surface area (Å²) < 4.78 is 0.815. The maximum Gasteiger partial charge on any atom is 0.257 e. The first-order valence-corrected chi connectivity index (χ1v) is 7.78. The van der Waals surface area contributed by atoms with Gasteiger partial charge in [0, 0.05) is 5.69 Å². The molecule has 0 fully saturated rings. The highest BCUT2D eigenvalue weighted by Gasteiger charge is 2.13. The first kappa shape index (κ1) is 15.1. The maximum atomic E-state index is 12.3. The molecule has 1 heterocycles. The molecule has 3 rings (SSSR count). The lowest BCUT2D eigenvalue weighted by Crippen LogP contribution is -2.12. The van der Waals surface area contributed by atoms with E-state index < -0.39 is 0 Å². The third kappa shape index (κ3) is 2.86. The number of thiazole rings is 1. The highest BCUT2D eigenvalue weighted by molar-refractivity contribution is 7.22. The lowest BCUT2D eigenvalue weighted by atomic mass is 10.2. The first-order valence-electron chi connectivity index (χ1n) is 6.21. The number of amides is 1. The third-order valence-electron chi connectivity index (χ3n) is 2.95. The molecule has 0 unspecified atom stereocenters. The van der Waals surface area contributed by atoms with E-state index in [1.807, 2.05) is 0 Å². The molecule has 3 aromatic rings. The molecule has 5 nitrogen and oxygen atoms in total. The normalized spacial score (nSPS) is 10.7. The van der Waals surface area contributed by atoms with Crippen molar-refractivity contribution < 1.29 is 4.79 Å². The first-order chi connectivity index (χ1) is 10.6. The summed E-state index contributed by atoms with van der Waals surface area (Å²) in [5.41, 5.74) is 4.08. The molecular weight excluding hydrogens is 343 g/mol. The Morgan fingerprint density at radius 2 is 1.95 bits per heavy atom. The van der Waals surface area contributed by atoms with Crippen LogP contribution in [0, 0.1) is 0 Å². The Morgan fingerprint density at radius 3 is 2.68 bits per heavy atom. The van der Waals surface area contributed by atoms with E-state index in [-0.39, 0.29) is 5.91 Å². The number of aromatic nitrogens is 1. The quantitative estimate of drug-likeness (QED) is 0.488. The van der Waals surface area contributed by atoms with Crippen molar-refractivity contribution in [2.45, 2.75) is 0 Å². The number of anilines is 2. The fourth-order valence-corrected chi connectivity index (χ4v) is 3.35. The molecule has 0 aliphatic heterocycles. The minimum absolute atomic E-state index is 0.303. The minimum Gasteiger partial charge on any atom is -0.322 e. The molecule has 0 aliphatic carbocycles. The van der Waals surface area contributed by atoms with Gasteiger partial charge in [0.05, 0.1) is 20.3 Å². The molecule has 1 amide bonds. The summed E-state index contributed by atoms with van der Waals surface area (Å²) in [5, 5.41) is 4.15. The maximum absolute atomic E-state index is 12.3. The topological polar surface area (TPSA) is 80.0 Å². The van der Waals surface area contributed by atoms with Crippen molar-refractivity contribution in [1.82, 2.24) is 4.98 Å². The molecule has 0 aliphatic rings. The standard InChI is InChI=1S/C14H10Cl2N4OS/c15-9-4-2-1-3-8(9)13(21)18-7-5-10(16)12-11(6-7)22-14(19-12)20-17/h1-6H,17H2,(H,18,21)(H,19,20). The summed E-state index contributed by atoms with van der Waals surface area (Å²) in [6.45, 7) is 0. The van der Waals surface area contributed by atoms with Gasteiger partial charge in [0.2, 0.25) is 0 Å². The van der Waals surface area contributed by atoms with E-state index in [1.54, 1.807) is 36.4 Å². The largest absolute Gasteiger partial charge is 0.322 e. The highest BCUT2D eigenvalue weighted by atomic mass is 35.5. The van der Waals surface area contributed by atoms with Crippen LogP contribution in [-0.2, 0) is 0 Å². The van der Waals surface area contributed by atoms with Gasteiger partial charge in [-0.15, -0.1) is 0 Å². The fraction of sp³-hybridized carbons (Fsp3) is 0. The molecule has 0 saturated heterocycles. The molecule has 0 bridgehead atoms. The predicted molar refractivity (Wildman–Crippen MR) is 91.8 cm³/mol. The zero-order valence-electron chi connectivity index (χ0n) is 11.1. The van der Waals surface area contributed by atoms with Crippen LogP contribution in [0.4, 0.5) is 10.8 Å². The van der Waals surface area contributed by atoms with Gasteiger partial charge in [0.1, 0.15) is 5.52 Å². The van der Waals surface area contributed by atoms with Gasteiger partial charge in [-0.05, 0) is 24.3 Å². The summed E-state index contributed by atoms with van der Waals surface area (Å²) in [6.07, 6.45) is 0. The fourth-order valence-electron chi connectivity index (χ4n) is 1.97. The number of carbonyl (C=O) groups is 1. The van der Waals surface area contributed by atoms with Crippen molar-refractivity contribution in [2.24, 2.45) is 5.84 Å². The average Bonchev–Trinajstić information content (AvgIpc) is 2.91. The van der Waals surface area contributed by atoms with Crippen molar-refractivity contribution in [1.29, 1.82) is 0 Å². The van der Waals surface area contributed by atoms with Crippen LogP contribution in [0.2, 0.25) is 10.0 Å². The van der Waals surface area contributed by atoms with Gasteiger partial charge in [-0.2, -0.15) is 0 Å². The number of hydrogen-bond acceptors (Lipinski definition) is 5. The second kappa shape index (κ2) is 6.10. The Bertz CT molecular complexity index is 865. The van der Waals surface area contributed by atoms with Crippen molar-refractivity contribution in [3.63, 3.8) is 0 Å². The van der Waals surface area contributed by atoms with Gasteiger partial charge in [0.15, 0.2) is 5.13 Å². The number of nitrogen functional groups attached to an aromatic ring is 1. The second-order valence-corrected chi connectivity index (χ2v) is 6.25. The number of fused-ring (bicyclic) bond motifs is 1. The Kier molecular flexibility index (Phi) is 4.17. The molecule has 8 heteroatoms. The van der Waals surface area contributed by atoms with Gasteiger partial charge in [-0.1, -0.05) is 46.7 Å². The van der Waals surface area contributed by atoms with Gasteiger partial charge in [-0.3, -0.25) is 10.2 Å². The van der Waals surface area contributed by atoms with Gasteiger partial charge in [-0.25, -0.2) is 10.8 Å². The van der Waals surface area contributed by atoms with E-state index in [0.717, 1.165) is 4.70 Å². The number of hydrogen-bond donors (Lipinski definition) is 3. The zero-order valence-corrected chi connectivity index (χ0v) is 13.4. The summed E-state index contributed by atoms with van der Waals surface area (Å²) in [6, 6.07) is 10.3. The van der Waals surface area contributed by atoms with Crippen LogP contribution in [-0.4, -0.2) is 10.9 Å². The van der Waals surface area contributed by atoms with Crippen molar-refractivity contribution in [3.8, 4) is 0 Å². The van der Waals surface area contributed by atoms with Crippen LogP contribution >= 0.6 is 34.5 Å². The SMILES string of the molecule is NNc1nc2c(Cl)cc(NC(=O)c3ccccc3Cl)cc2s1. The lowest BCUT2D eigenvalue weighted by Gasteiger charge is -2.07. The number of nitrogens with two attached hydrogens (primary N) is 1. The van der Waals surface area contributed by atoms with E-state index in [0.29, 0.717) is 31.9 Å². The van der Waals surface area contributed by atoms with Crippen LogP contribution < -0.4 is 16.6 Å². The van der Waals surface area contributed by atoms with Crippen molar-refractivity contribution in [3.05, 3.63) is 52.0 Å². The molecular formula is C14H10Cl2N4OS. The number of benzene rings is 2. The summed E-state index contributed by atoms with van der Waals surface area (Å²) in [5.74, 6) is 5.04. The molecule has 1 aromatic heterocycles. The Labute approximate surface area is 140 Å². The number of rotatable bonds is 3. The molecule has 0 saturated carbocycles. The monoisotopic (exact) mass is 352 g/mol. The average molecular weight is 353 g/mol.